The summed E-state index contributed by atoms with van der Waals surface area (Å²) in [5, 5.41) is 0. The van der Waals surface area contributed by atoms with Crippen molar-refractivity contribution in [3.63, 3.8) is 0 Å². The zero-order valence-electron chi connectivity index (χ0n) is 32.7. The summed E-state index contributed by atoms with van der Waals surface area (Å²) in [7, 11) is 2.02. The maximum Gasteiger partial charge on any atom is 0.200 e. The molecule has 7 rings (SSSR count). The molecular weight excluding hydrogens is 962 g/mol. The number of hydrogen-bond acceptors (Lipinski definition) is 0. The Morgan fingerprint density at radius 3 is 0.716 bits per heavy atom. The van der Waals surface area contributed by atoms with Crippen molar-refractivity contribution < 1.29 is 87.8 Å². The topological polar surface area (TPSA) is 0 Å². The van der Waals surface area contributed by atoms with E-state index in [1.165, 1.54) is 22.3 Å². The molecule has 22 heteroatoms. The van der Waals surface area contributed by atoms with Gasteiger partial charge in [-0.1, -0.05) is 91.0 Å². The van der Waals surface area contributed by atoms with Crippen LogP contribution in [-0.4, -0.2) is 6.15 Å². The average Bonchev–Trinajstić information content (AvgIpc) is 3.34. The second-order valence-electron chi connectivity index (χ2n) is 14.1. The first-order valence-electron chi connectivity index (χ1n) is 18.5. The Morgan fingerprint density at radius 2 is 0.493 bits per heavy atom. The number of allylic oxidation sites excluding steroid dienone is 1. The Bertz CT molecular complexity index is 2650. The van der Waals surface area contributed by atoms with E-state index in [4.69, 9.17) is 0 Å². The smallest absolute Gasteiger partial charge is 0.200 e. The van der Waals surface area contributed by atoms with Crippen LogP contribution < -0.4 is 21.9 Å². The van der Waals surface area contributed by atoms with Crippen molar-refractivity contribution in [1.82, 2.24) is 0 Å². The van der Waals surface area contributed by atoms with E-state index in [2.05, 4.69) is 97.1 Å². The van der Waals surface area contributed by atoms with Crippen LogP contribution in [-0.2, 0) is 0 Å². The summed E-state index contributed by atoms with van der Waals surface area (Å²) in [4.78, 5) is 0. The molecule has 0 amide bonds. The minimum Gasteiger partial charge on any atom is -0.207 e. The minimum atomic E-state index is -7.22. The molecule has 348 valence electrons. The molecule has 2 unspecified atom stereocenters. The minimum absolute atomic E-state index is 0.400. The highest BCUT2D eigenvalue weighted by Crippen LogP contribution is 2.33. The molecule has 2 atom stereocenters. The number of rotatable bonds is 8. The van der Waals surface area contributed by atoms with Gasteiger partial charge in [-0.3, -0.25) is 0 Å². The van der Waals surface area contributed by atoms with E-state index in [1.54, 1.807) is 0 Å². The first-order valence-corrected chi connectivity index (χ1v) is 19.3. The highest BCUT2D eigenvalue weighted by molar-refractivity contribution is 7.20. The van der Waals surface area contributed by atoms with Crippen LogP contribution in [0.3, 0.4) is 0 Å². The molecule has 0 aliphatic carbocycles. The van der Waals surface area contributed by atoms with Gasteiger partial charge in [-0.25, -0.2) is 87.8 Å². The van der Waals surface area contributed by atoms with Gasteiger partial charge >= 0.3 is 0 Å². The van der Waals surface area contributed by atoms with E-state index in [0.29, 0.717) is 5.66 Å². The van der Waals surface area contributed by atoms with Gasteiger partial charge < -0.3 is 0 Å². The standard InChI is InChI=1S/C24BF20.C21H19P/c26-5-1(6(27)14(35)21(42)13(5)34)25(2-7(28)15(36)22(43)16(37)8(2)29,3-9(30)17(38)23(44)18(39)10(3)31)4-11(32)19(40)24(45)20(41)12(4)33;22-21(19-14-8-3-9-15-19)16-20(17-10-4-1-5-11-17)18-12-6-2-7-13-18/h;1-16,21H,22H2/q-1;/p+1. The molecule has 0 aliphatic rings. The van der Waals surface area contributed by atoms with Crippen LogP contribution in [0.2, 0.25) is 0 Å². The quantitative estimate of drug-likeness (QED) is 0.0468. The molecule has 0 aromatic heterocycles. The third kappa shape index (κ3) is 8.31. The second-order valence-corrected chi connectivity index (χ2v) is 15.0. The molecule has 0 heterocycles. The van der Waals surface area contributed by atoms with Gasteiger partial charge in [0.2, 0.25) is 0 Å². The fourth-order valence-corrected chi connectivity index (χ4v) is 7.97. The van der Waals surface area contributed by atoms with Crippen LogP contribution in [0.15, 0.2) is 97.1 Å². The lowest BCUT2D eigenvalue weighted by Gasteiger charge is -2.44. The Morgan fingerprint density at radius 1 is 0.299 bits per heavy atom. The van der Waals surface area contributed by atoms with Crippen LogP contribution in [0, 0.1) is 116 Å². The van der Waals surface area contributed by atoms with Crippen molar-refractivity contribution in [2.75, 3.05) is 0 Å². The van der Waals surface area contributed by atoms with E-state index >= 15 is 35.1 Å². The van der Waals surface area contributed by atoms with Gasteiger partial charge in [0.15, 0.2) is 69.8 Å². The summed E-state index contributed by atoms with van der Waals surface area (Å²) in [6, 6.07) is 31.9. The van der Waals surface area contributed by atoms with Crippen molar-refractivity contribution >= 4 is 42.8 Å². The van der Waals surface area contributed by atoms with Crippen molar-refractivity contribution in [1.29, 1.82) is 0 Å². The number of halogens is 20. The molecule has 67 heavy (non-hydrogen) atoms. The molecule has 0 radical (unpaired) electrons. The average molecular weight is 982 g/mol. The lowest BCUT2D eigenvalue weighted by atomic mass is 9.12. The summed E-state index contributed by atoms with van der Waals surface area (Å²) >= 11 is 0. The van der Waals surface area contributed by atoms with Gasteiger partial charge in [-0.05, 0) is 37.6 Å². The Labute approximate surface area is 365 Å². The Hall–Kier alpha value is -6.63. The molecule has 0 aliphatic heterocycles. The van der Waals surface area contributed by atoms with Gasteiger partial charge in [0, 0.05) is 0 Å². The Balaban J connectivity index is 0.000000279. The zero-order valence-corrected chi connectivity index (χ0v) is 34.1. The SMILES string of the molecule is Fc1c(F)c(F)c([B-](c2c(F)c(F)c(F)c(F)c2F)(c2c(F)c(F)c(F)c(F)c2F)c2c(F)c(F)c(F)c(F)c2F)c(F)c1F.[PH3+]C(C=C(c1ccccc1)c1ccccc1)c1ccccc1. The molecule has 7 aromatic carbocycles. The zero-order chi connectivity index (χ0) is 49.6. The van der Waals surface area contributed by atoms with Gasteiger partial charge in [-0.2, -0.15) is 0 Å². The fraction of sp³-hybridized carbons (Fsp3) is 0.0222. The Kier molecular flexibility index (Phi) is 14.3. The molecule has 0 spiro atoms. The van der Waals surface area contributed by atoms with E-state index < -0.39 is 144 Å². The highest BCUT2D eigenvalue weighted by Gasteiger charge is 2.52. The van der Waals surface area contributed by atoms with Crippen LogP contribution in [0.25, 0.3) is 5.57 Å². The summed E-state index contributed by atoms with van der Waals surface area (Å²) in [6.45, 7) is 0. The molecule has 0 saturated heterocycles. The number of hydrogen-bond donors (Lipinski definition) is 0. The van der Waals surface area contributed by atoms with E-state index in [9.17, 15) is 52.7 Å². The first-order chi connectivity index (χ1) is 31.5. The van der Waals surface area contributed by atoms with Crippen LogP contribution in [0.4, 0.5) is 87.8 Å². The lowest BCUT2D eigenvalue weighted by molar-refractivity contribution is 0.378. The maximum absolute atomic E-state index is 15.4. The monoisotopic (exact) mass is 982 g/mol. The van der Waals surface area contributed by atoms with Gasteiger partial charge in [-0.15, -0.1) is 21.9 Å². The van der Waals surface area contributed by atoms with E-state index in [-0.39, 0.29) is 0 Å². The van der Waals surface area contributed by atoms with E-state index in [0.717, 1.165) is 0 Å². The van der Waals surface area contributed by atoms with Crippen LogP contribution in [0.5, 0.6) is 0 Å². The largest absolute Gasteiger partial charge is 0.207 e. The molecule has 0 N–H and O–H groups in total. The van der Waals surface area contributed by atoms with Gasteiger partial charge in [0.1, 0.15) is 58.3 Å². The fourth-order valence-electron chi connectivity index (χ4n) is 7.47. The van der Waals surface area contributed by atoms with Crippen molar-refractivity contribution in [2.45, 2.75) is 5.66 Å². The second kappa shape index (κ2) is 19.3. The summed E-state index contributed by atoms with van der Waals surface area (Å²) in [5.74, 6) is -71.4. The summed E-state index contributed by atoms with van der Waals surface area (Å²) in [5.41, 5.74) is -8.75. The predicted molar refractivity (Wildman–Crippen MR) is 209 cm³/mol. The normalized spacial score (nSPS) is 11.9. The lowest BCUT2D eigenvalue weighted by Crippen LogP contribution is -2.81. The molecule has 0 bridgehead atoms. The molecule has 0 fully saturated rings. The third-order valence-electron chi connectivity index (χ3n) is 10.5. The molecule has 7 aromatic rings. The molecular formula is C45H20BF20P. The summed E-state index contributed by atoms with van der Waals surface area (Å²) in [6.07, 6.45) is -4.84. The van der Waals surface area contributed by atoms with Gasteiger partial charge in [0.25, 0.3) is 0 Å². The van der Waals surface area contributed by atoms with Crippen molar-refractivity contribution in [3.05, 3.63) is 230 Å². The first kappa shape index (κ1) is 49.8. The maximum atomic E-state index is 15.4. The van der Waals surface area contributed by atoms with Crippen molar-refractivity contribution in [2.24, 2.45) is 0 Å². The number of benzene rings is 7. The van der Waals surface area contributed by atoms with Gasteiger partial charge in [0.05, 0.1) is 0 Å². The third-order valence-corrected chi connectivity index (χ3v) is 11.2. The highest BCUT2D eigenvalue weighted by atomic mass is 31.0. The van der Waals surface area contributed by atoms with Crippen LogP contribution >= 0.6 is 9.24 Å². The van der Waals surface area contributed by atoms with E-state index in [1.807, 2.05) is 9.24 Å². The summed E-state index contributed by atoms with van der Waals surface area (Å²) < 4.78 is 294. The van der Waals surface area contributed by atoms with Crippen molar-refractivity contribution in [3.8, 4) is 0 Å². The predicted octanol–water partition coefficient (Wildman–Crippen LogP) is 11.3. The molecule has 0 saturated carbocycles. The molecule has 0 nitrogen and oxygen atoms in total. The van der Waals surface area contributed by atoms with Crippen LogP contribution in [0.1, 0.15) is 22.3 Å².